The van der Waals surface area contributed by atoms with Gasteiger partial charge in [-0.3, -0.25) is 0 Å². The molecule has 1 aromatic heterocycles. The van der Waals surface area contributed by atoms with Crippen LogP contribution in [-0.2, 0) is 0 Å². The molecular weight excluding hydrogens is 314 g/mol. The van der Waals surface area contributed by atoms with E-state index in [1.807, 2.05) is 47.8 Å². The average molecular weight is 337 g/mol. The van der Waals surface area contributed by atoms with Crippen molar-refractivity contribution in [2.75, 3.05) is 13.5 Å². The van der Waals surface area contributed by atoms with Gasteiger partial charge in [0.2, 0.25) is 0 Å². The fourth-order valence-corrected chi connectivity index (χ4v) is 3.18. The molecular formula is C18H20ClNOS. The molecule has 0 saturated heterocycles. The van der Waals surface area contributed by atoms with Gasteiger partial charge in [-0.05, 0) is 36.4 Å². The van der Waals surface area contributed by atoms with E-state index in [2.05, 4.69) is 17.4 Å². The first-order valence-electron chi connectivity index (χ1n) is 8.46. The third-order valence-corrected chi connectivity index (χ3v) is 4.38. The van der Waals surface area contributed by atoms with E-state index in [-0.39, 0.29) is 18.5 Å². The Labute approximate surface area is 145 Å². The molecule has 0 saturated carbocycles. The number of thiophene rings is 1. The number of hydrogen-bond acceptors (Lipinski definition) is 3. The van der Waals surface area contributed by atoms with E-state index >= 15 is 0 Å². The van der Waals surface area contributed by atoms with E-state index in [4.69, 9.17) is 8.85 Å². The van der Waals surface area contributed by atoms with E-state index < -0.39 is 6.98 Å². The van der Waals surface area contributed by atoms with Crippen LogP contribution in [0.15, 0.2) is 60.0 Å². The number of benzene rings is 2. The first kappa shape index (κ1) is 12.9. The first-order chi connectivity index (χ1) is 11.5. The summed E-state index contributed by atoms with van der Waals surface area (Å²) in [5.74, 6) is 0.820. The second kappa shape index (κ2) is 8.18. The lowest BCUT2D eigenvalue weighted by Gasteiger charge is -2.19. The summed E-state index contributed by atoms with van der Waals surface area (Å²) in [5.41, 5.74) is 0. The number of nitrogens with one attached hydrogen (secondary N) is 1. The Morgan fingerprint density at radius 2 is 2.00 bits per heavy atom. The summed E-state index contributed by atoms with van der Waals surface area (Å²) < 4.78 is 28.1. The van der Waals surface area contributed by atoms with E-state index in [1.54, 1.807) is 11.3 Å². The van der Waals surface area contributed by atoms with Crippen LogP contribution in [0.4, 0.5) is 0 Å². The molecule has 0 radical (unpaired) electrons. The van der Waals surface area contributed by atoms with Crippen molar-refractivity contribution in [1.29, 1.82) is 0 Å². The van der Waals surface area contributed by atoms with Crippen molar-refractivity contribution in [3.05, 3.63) is 64.9 Å². The Bertz CT molecular complexity index is 787. The zero-order valence-electron chi connectivity index (χ0n) is 15.0. The highest BCUT2D eigenvalue weighted by atomic mass is 35.5. The number of fused-ring (bicyclic) bond motifs is 1. The van der Waals surface area contributed by atoms with Gasteiger partial charge in [0.1, 0.15) is 11.9 Å². The Morgan fingerprint density at radius 1 is 1.14 bits per heavy atom. The van der Waals surface area contributed by atoms with Crippen molar-refractivity contribution in [3.8, 4) is 5.75 Å². The molecule has 1 heterocycles. The smallest absolute Gasteiger partial charge is 0.134 e. The summed E-state index contributed by atoms with van der Waals surface area (Å²) in [6.45, 7) is -1.76. The molecule has 2 aromatic carbocycles. The monoisotopic (exact) mass is 336 g/mol. The molecule has 0 spiro atoms. The van der Waals surface area contributed by atoms with Gasteiger partial charge in [-0.2, -0.15) is 0 Å². The number of ether oxygens (including phenoxy) is 1. The minimum atomic E-state index is -2.13. The summed E-state index contributed by atoms with van der Waals surface area (Å²) in [6, 6.07) is 18.1. The van der Waals surface area contributed by atoms with Crippen LogP contribution in [0.3, 0.4) is 0 Å². The van der Waals surface area contributed by atoms with Crippen LogP contribution < -0.4 is 10.1 Å². The first-order valence-corrected chi connectivity index (χ1v) is 7.84. The molecule has 0 fully saturated rings. The molecule has 116 valence electrons. The van der Waals surface area contributed by atoms with E-state index in [0.717, 1.165) is 21.4 Å². The van der Waals surface area contributed by atoms with Crippen molar-refractivity contribution in [1.82, 2.24) is 5.32 Å². The molecule has 0 amide bonds. The molecule has 0 aliphatic heterocycles. The van der Waals surface area contributed by atoms with E-state index in [0.29, 0.717) is 13.0 Å². The van der Waals surface area contributed by atoms with Crippen LogP contribution >= 0.6 is 23.7 Å². The second-order valence-electron chi connectivity index (χ2n) is 4.81. The average Bonchev–Trinajstić information content (AvgIpc) is 3.07. The van der Waals surface area contributed by atoms with Crippen molar-refractivity contribution in [2.24, 2.45) is 0 Å². The zero-order chi connectivity index (χ0) is 17.0. The highest BCUT2D eigenvalue weighted by Gasteiger charge is 2.15. The van der Waals surface area contributed by atoms with Gasteiger partial charge in [-0.1, -0.05) is 42.5 Å². The van der Waals surface area contributed by atoms with Gasteiger partial charge >= 0.3 is 0 Å². The second-order valence-corrected chi connectivity index (χ2v) is 5.79. The lowest BCUT2D eigenvalue weighted by molar-refractivity contribution is 0.201. The Kier molecular flexibility index (Phi) is 4.81. The van der Waals surface area contributed by atoms with Gasteiger partial charge in [0.15, 0.2) is 0 Å². The van der Waals surface area contributed by atoms with Crippen molar-refractivity contribution in [3.63, 3.8) is 0 Å². The van der Waals surface area contributed by atoms with Crippen LogP contribution in [0.2, 0.25) is 0 Å². The SMILES string of the molecule is Cl.[2H]C([2H])([2H])NCC[C@H](Oc1cccc2ccccc12)c1cccs1. The third kappa shape index (κ3) is 3.80. The third-order valence-electron chi connectivity index (χ3n) is 3.41. The van der Waals surface area contributed by atoms with Crippen LogP contribution in [0.5, 0.6) is 5.75 Å². The summed E-state index contributed by atoms with van der Waals surface area (Å²) in [6.07, 6.45) is 0.410. The van der Waals surface area contributed by atoms with Crippen LogP contribution in [0, 0.1) is 0 Å². The Morgan fingerprint density at radius 3 is 2.82 bits per heavy atom. The fourth-order valence-electron chi connectivity index (χ4n) is 2.39. The quantitative estimate of drug-likeness (QED) is 0.680. The van der Waals surface area contributed by atoms with Crippen molar-refractivity contribution >= 4 is 34.5 Å². The maximum absolute atomic E-state index is 7.26. The highest BCUT2D eigenvalue weighted by molar-refractivity contribution is 7.10. The summed E-state index contributed by atoms with van der Waals surface area (Å²) in [7, 11) is 0. The largest absolute Gasteiger partial charge is 0.484 e. The molecule has 2 nitrogen and oxygen atoms in total. The molecule has 0 bridgehead atoms. The van der Waals surface area contributed by atoms with Crippen molar-refractivity contribution < 1.29 is 8.85 Å². The molecule has 0 unspecified atom stereocenters. The number of hydrogen-bond donors (Lipinski definition) is 1. The minimum Gasteiger partial charge on any atom is -0.484 e. The van der Waals surface area contributed by atoms with Gasteiger partial charge < -0.3 is 10.1 Å². The normalized spacial score (nSPS) is 14.5. The maximum atomic E-state index is 7.26. The van der Waals surface area contributed by atoms with Crippen molar-refractivity contribution in [2.45, 2.75) is 12.5 Å². The topological polar surface area (TPSA) is 21.3 Å². The lowest BCUT2D eigenvalue weighted by Crippen LogP contribution is -2.15. The maximum Gasteiger partial charge on any atom is 0.134 e. The molecule has 1 atom stereocenters. The van der Waals surface area contributed by atoms with Crippen LogP contribution in [-0.4, -0.2) is 13.5 Å². The van der Waals surface area contributed by atoms with Gasteiger partial charge in [0.25, 0.3) is 0 Å². The van der Waals surface area contributed by atoms with Crippen LogP contribution in [0.1, 0.15) is 21.5 Å². The molecule has 22 heavy (non-hydrogen) atoms. The standard InChI is InChI=1S/C18H19NOS.ClH/c1-19-12-11-17(18-10-5-13-21-18)20-16-9-4-7-14-6-2-3-8-15(14)16;/h2-10,13,17,19H,11-12H2,1H3;1H/t17-;/m0./s1/i1D3;. The lowest BCUT2D eigenvalue weighted by atomic mass is 10.1. The number of halogens is 1. The Balaban J connectivity index is 0.00000225. The van der Waals surface area contributed by atoms with Gasteiger partial charge in [-0.25, -0.2) is 0 Å². The Hall–Kier alpha value is -1.55. The zero-order valence-corrected chi connectivity index (χ0v) is 13.6. The van der Waals surface area contributed by atoms with E-state index in [1.165, 1.54) is 0 Å². The fraction of sp³-hybridized carbons (Fsp3) is 0.222. The molecule has 3 aromatic rings. The van der Waals surface area contributed by atoms with Gasteiger partial charge in [0.05, 0.1) is 0 Å². The molecule has 0 aliphatic rings. The predicted molar refractivity (Wildman–Crippen MR) is 97.4 cm³/mol. The number of rotatable bonds is 6. The highest BCUT2D eigenvalue weighted by Crippen LogP contribution is 2.32. The molecule has 1 N–H and O–H groups in total. The van der Waals surface area contributed by atoms with E-state index in [9.17, 15) is 0 Å². The predicted octanol–water partition coefficient (Wildman–Crippen LogP) is 5.05. The minimum absolute atomic E-state index is 0. The summed E-state index contributed by atoms with van der Waals surface area (Å²) >= 11 is 1.62. The van der Waals surface area contributed by atoms with Gasteiger partial charge in [-0.15, -0.1) is 23.7 Å². The summed E-state index contributed by atoms with van der Waals surface area (Å²) in [4.78, 5) is 1.09. The molecule has 0 aliphatic carbocycles. The molecule has 3 rings (SSSR count). The van der Waals surface area contributed by atoms with Gasteiger partial charge in [0, 0.05) is 20.8 Å². The molecule has 4 heteroatoms. The summed E-state index contributed by atoms with van der Waals surface area (Å²) in [5, 5.41) is 6.75. The van der Waals surface area contributed by atoms with Crippen LogP contribution in [0.25, 0.3) is 10.8 Å².